The molecule has 0 heterocycles. The molecule has 0 saturated heterocycles. The summed E-state index contributed by atoms with van der Waals surface area (Å²) in [7, 11) is 1.07. The SMILES string of the molecule is COc1cc(C)c(S(=O)(=O)N(C)CCOCC(=O)N(C)C2CCc3cc(O)ccc32)c(C)c1. The summed E-state index contributed by atoms with van der Waals surface area (Å²) in [5.74, 6) is 0.665. The van der Waals surface area contributed by atoms with E-state index in [1.807, 2.05) is 6.07 Å². The highest BCUT2D eigenvalue weighted by Gasteiger charge is 2.29. The van der Waals surface area contributed by atoms with E-state index in [9.17, 15) is 18.3 Å². The number of sulfonamides is 1. The number of phenolic OH excluding ortho intramolecular Hbond substituents is 1. The van der Waals surface area contributed by atoms with Crippen LogP contribution in [0, 0.1) is 13.8 Å². The molecular formula is C24H32N2O6S. The van der Waals surface area contributed by atoms with Crippen LogP contribution in [0.1, 0.15) is 34.7 Å². The second-order valence-corrected chi connectivity index (χ2v) is 10.4. The number of aromatic hydroxyl groups is 1. The molecule has 1 N–H and O–H groups in total. The first-order valence-corrected chi connectivity index (χ1v) is 12.3. The highest BCUT2D eigenvalue weighted by molar-refractivity contribution is 7.89. The third-order valence-electron chi connectivity index (χ3n) is 6.15. The van der Waals surface area contributed by atoms with Crippen molar-refractivity contribution in [1.29, 1.82) is 0 Å². The number of amides is 1. The zero-order valence-electron chi connectivity index (χ0n) is 19.8. The van der Waals surface area contributed by atoms with Crippen LogP contribution in [0.3, 0.4) is 0 Å². The molecule has 1 atom stereocenters. The number of phenols is 1. The summed E-state index contributed by atoms with van der Waals surface area (Å²) >= 11 is 0. The number of hydrogen-bond acceptors (Lipinski definition) is 6. The van der Waals surface area contributed by atoms with Crippen molar-refractivity contribution >= 4 is 15.9 Å². The number of hydrogen-bond donors (Lipinski definition) is 1. The number of aryl methyl sites for hydroxylation is 3. The van der Waals surface area contributed by atoms with Gasteiger partial charge in [0.1, 0.15) is 18.1 Å². The first kappa shape index (κ1) is 25.0. The Bertz CT molecular complexity index is 1110. The van der Waals surface area contributed by atoms with Crippen molar-refractivity contribution in [3.05, 3.63) is 52.6 Å². The van der Waals surface area contributed by atoms with Crippen molar-refractivity contribution in [2.24, 2.45) is 0 Å². The first-order valence-electron chi connectivity index (χ1n) is 10.8. The van der Waals surface area contributed by atoms with Crippen LogP contribution in [0.15, 0.2) is 35.2 Å². The zero-order valence-corrected chi connectivity index (χ0v) is 20.6. The standard InChI is InChI=1S/C24H32N2O6S/c1-16-12-20(31-5)13-17(2)24(16)33(29,30)25(3)10-11-32-15-23(28)26(4)22-9-6-18-14-19(27)7-8-21(18)22/h7-8,12-14,22,27H,6,9-11,15H2,1-5H3. The van der Waals surface area contributed by atoms with Crippen molar-refractivity contribution in [3.8, 4) is 11.5 Å². The molecule has 2 aromatic carbocycles. The second-order valence-electron chi connectivity index (χ2n) is 8.41. The maximum Gasteiger partial charge on any atom is 0.248 e. The lowest BCUT2D eigenvalue weighted by Crippen LogP contribution is -2.35. The van der Waals surface area contributed by atoms with E-state index < -0.39 is 10.0 Å². The molecule has 1 amide bonds. The van der Waals surface area contributed by atoms with Gasteiger partial charge in [0, 0.05) is 20.6 Å². The van der Waals surface area contributed by atoms with Crippen molar-refractivity contribution in [2.45, 2.75) is 37.6 Å². The smallest absolute Gasteiger partial charge is 0.248 e. The van der Waals surface area contributed by atoms with Crippen LogP contribution in [0.5, 0.6) is 11.5 Å². The fraction of sp³-hybridized carbons (Fsp3) is 0.458. The Hall–Kier alpha value is -2.62. The van der Waals surface area contributed by atoms with Crippen LogP contribution in [-0.4, -0.2) is 69.6 Å². The first-order chi connectivity index (χ1) is 15.6. The molecule has 0 saturated carbocycles. The second kappa shape index (κ2) is 10.1. The topological polar surface area (TPSA) is 96.4 Å². The van der Waals surface area contributed by atoms with Gasteiger partial charge in [-0.2, -0.15) is 4.31 Å². The summed E-state index contributed by atoms with van der Waals surface area (Å²) in [5.41, 5.74) is 3.32. The fourth-order valence-electron chi connectivity index (χ4n) is 4.32. The van der Waals surface area contributed by atoms with E-state index in [1.165, 1.54) is 11.4 Å². The normalized spacial score (nSPS) is 15.5. The molecule has 3 rings (SSSR count). The molecule has 1 aliphatic carbocycles. The number of carbonyl (C=O) groups is 1. The summed E-state index contributed by atoms with van der Waals surface area (Å²) in [6.07, 6.45) is 1.60. The van der Waals surface area contributed by atoms with E-state index in [-0.39, 0.29) is 42.4 Å². The van der Waals surface area contributed by atoms with Gasteiger partial charge in [-0.25, -0.2) is 8.42 Å². The Balaban J connectivity index is 1.54. The molecule has 2 aromatic rings. The fourth-order valence-corrected chi connectivity index (χ4v) is 5.88. The Kier molecular flexibility index (Phi) is 7.66. The molecule has 33 heavy (non-hydrogen) atoms. The van der Waals surface area contributed by atoms with E-state index in [0.717, 1.165) is 24.0 Å². The largest absolute Gasteiger partial charge is 0.508 e. The number of methoxy groups -OCH3 is 1. The minimum absolute atomic E-state index is 0.0548. The van der Waals surface area contributed by atoms with Gasteiger partial charge >= 0.3 is 0 Å². The van der Waals surface area contributed by atoms with Crippen molar-refractivity contribution < 1.29 is 27.8 Å². The number of ether oxygens (including phenoxy) is 2. The molecule has 0 bridgehead atoms. The van der Waals surface area contributed by atoms with Gasteiger partial charge in [0.05, 0.1) is 24.7 Å². The third kappa shape index (κ3) is 5.31. The minimum Gasteiger partial charge on any atom is -0.508 e. The number of fused-ring (bicyclic) bond motifs is 1. The summed E-state index contributed by atoms with van der Waals surface area (Å²) in [6.45, 7) is 3.57. The molecule has 8 nitrogen and oxygen atoms in total. The van der Waals surface area contributed by atoms with E-state index in [2.05, 4.69) is 0 Å². The Morgan fingerprint density at radius 1 is 1.15 bits per heavy atom. The number of likely N-dealkylation sites (N-methyl/N-ethyl adjacent to an activating group) is 2. The van der Waals surface area contributed by atoms with E-state index in [0.29, 0.717) is 16.9 Å². The summed E-state index contributed by atoms with van der Waals surface area (Å²) in [6, 6.07) is 8.57. The van der Waals surface area contributed by atoms with Crippen LogP contribution in [-0.2, 0) is 26.0 Å². The lowest BCUT2D eigenvalue weighted by Gasteiger charge is -2.26. The molecule has 0 spiro atoms. The average Bonchev–Trinajstić information content (AvgIpc) is 3.17. The van der Waals surface area contributed by atoms with Crippen LogP contribution >= 0.6 is 0 Å². The molecule has 180 valence electrons. The van der Waals surface area contributed by atoms with Crippen LogP contribution in [0.2, 0.25) is 0 Å². The number of carbonyl (C=O) groups excluding carboxylic acids is 1. The van der Waals surface area contributed by atoms with E-state index in [4.69, 9.17) is 9.47 Å². The van der Waals surface area contributed by atoms with Gasteiger partial charge in [-0.05, 0) is 73.2 Å². The zero-order chi connectivity index (χ0) is 24.3. The van der Waals surface area contributed by atoms with Crippen molar-refractivity contribution in [2.75, 3.05) is 41.0 Å². The lowest BCUT2D eigenvalue weighted by molar-refractivity contribution is -0.137. The number of nitrogens with zero attached hydrogens (tertiary/aromatic N) is 2. The number of rotatable bonds is 9. The third-order valence-corrected chi connectivity index (χ3v) is 8.31. The predicted molar refractivity (Wildman–Crippen MR) is 125 cm³/mol. The Morgan fingerprint density at radius 3 is 2.45 bits per heavy atom. The quantitative estimate of drug-likeness (QED) is 0.559. The summed E-state index contributed by atoms with van der Waals surface area (Å²) in [5, 5.41) is 9.65. The van der Waals surface area contributed by atoms with Crippen LogP contribution < -0.4 is 4.74 Å². The Morgan fingerprint density at radius 2 is 1.82 bits per heavy atom. The highest BCUT2D eigenvalue weighted by Crippen LogP contribution is 2.36. The Labute approximate surface area is 195 Å². The van der Waals surface area contributed by atoms with Gasteiger partial charge in [-0.1, -0.05) is 6.07 Å². The molecule has 0 aromatic heterocycles. The predicted octanol–water partition coefficient (Wildman–Crippen LogP) is 2.80. The van der Waals surface area contributed by atoms with Gasteiger partial charge in [-0.15, -0.1) is 0 Å². The molecule has 1 aliphatic rings. The maximum absolute atomic E-state index is 13.1. The van der Waals surface area contributed by atoms with E-state index in [1.54, 1.807) is 57.2 Å². The van der Waals surface area contributed by atoms with Gasteiger partial charge in [0.25, 0.3) is 0 Å². The lowest BCUT2D eigenvalue weighted by atomic mass is 10.1. The molecule has 0 fully saturated rings. The van der Waals surface area contributed by atoms with Gasteiger partial charge in [0.2, 0.25) is 15.9 Å². The molecule has 1 unspecified atom stereocenters. The van der Waals surface area contributed by atoms with Gasteiger partial charge < -0.3 is 19.5 Å². The maximum atomic E-state index is 13.1. The highest BCUT2D eigenvalue weighted by atomic mass is 32.2. The molecule has 0 aliphatic heterocycles. The summed E-state index contributed by atoms with van der Waals surface area (Å²) < 4.78 is 38.1. The molecule has 0 radical (unpaired) electrons. The van der Waals surface area contributed by atoms with Crippen LogP contribution in [0.25, 0.3) is 0 Å². The van der Waals surface area contributed by atoms with E-state index >= 15 is 0 Å². The monoisotopic (exact) mass is 476 g/mol. The molecular weight excluding hydrogens is 444 g/mol. The van der Waals surface area contributed by atoms with Gasteiger partial charge in [-0.3, -0.25) is 4.79 Å². The van der Waals surface area contributed by atoms with Crippen LogP contribution in [0.4, 0.5) is 0 Å². The minimum atomic E-state index is -3.71. The van der Waals surface area contributed by atoms with Crippen molar-refractivity contribution in [3.63, 3.8) is 0 Å². The molecule has 9 heteroatoms. The van der Waals surface area contributed by atoms with Gasteiger partial charge in [0.15, 0.2) is 0 Å². The average molecular weight is 477 g/mol. The number of benzene rings is 2. The summed E-state index contributed by atoms with van der Waals surface area (Å²) in [4.78, 5) is 14.5. The van der Waals surface area contributed by atoms with Crippen molar-refractivity contribution in [1.82, 2.24) is 9.21 Å².